The van der Waals surface area contributed by atoms with Gasteiger partial charge in [0, 0.05) is 6.07 Å². The fourth-order valence-corrected chi connectivity index (χ4v) is 1.78. The number of hydrogen-bond acceptors (Lipinski definition) is 4. The van der Waals surface area contributed by atoms with Gasteiger partial charge in [-0.2, -0.15) is 0 Å². The zero-order valence-corrected chi connectivity index (χ0v) is 10.3. The lowest BCUT2D eigenvalue weighted by molar-refractivity contribution is 0.111. The number of carbonyl (C=O) groups is 1. The van der Waals surface area contributed by atoms with Crippen LogP contribution in [0.2, 0.25) is 0 Å². The lowest BCUT2D eigenvalue weighted by Gasteiger charge is -2.13. The van der Waals surface area contributed by atoms with Gasteiger partial charge in [-0.25, -0.2) is 0 Å². The molecule has 0 aliphatic carbocycles. The van der Waals surface area contributed by atoms with Crippen molar-refractivity contribution in [3.63, 3.8) is 0 Å². The molecule has 0 amide bonds. The van der Waals surface area contributed by atoms with E-state index in [1.165, 1.54) is 21.3 Å². The molecule has 0 unspecified atom stereocenters. The van der Waals surface area contributed by atoms with Gasteiger partial charge in [0.2, 0.25) is 0 Å². The molecule has 0 aliphatic heterocycles. The summed E-state index contributed by atoms with van der Waals surface area (Å²) in [5.41, 5.74) is 0.369. The minimum Gasteiger partial charge on any atom is -0.495 e. The monoisotopic (exact) mass is 274 g/mol. The van der Waals surface area contributed by atoms with Gasteiger partial charge in [-0.1, -0.05) is 0 Å². The Bertz CT molecular complexity index is 376. The smallest absolute Gasteiger partial charge is 0.172 e. The quantitative estimate of drug-likeness (QED) is 0.791. The van der Waals surface area contributed by atoms with Crippen LogP contribution in [-0.2, 0) is 0 Å². The van der Waals surface area contributed by atoms with E-state index in [0.717, 1.165) is 0 Å². The zero-order valence-electron chi connectivity index (χ0n) is 8.67. The van der Waals surface area contributed by atoms with Crippen LogP contribution in [0.4, 0.5) is 0 Å². The van der Waals surface area contributed by atoms with E-state index in [-0.39, 0.29) is 0 Å². The van der Waals surface area contributed by atoms with Crippen LogP contribution in [0, 0.1) is 0 Å². The van der Waals surface area contributed by atoms with Gasteiger partial charge in [0.05, 0.1) is 31.4 Å². The molecule has 0 saturated carbocycles. The number of carbonyl (C=O) groups excluding carboxylic acids is 1. The van der Waals surface area contributed by atoms with E-state index in [2.05, 4.69) is 15.9 Å². The Morgan fingerprint density at radius 3 is 2.13 bits per heavy atom. The summed E-state index contributed by atoms with van der Waals surface area (Å²) in [6.45, 7) is 0. The molecule has 0 aromatic heterocycles. The predicted octanol–water partition coefficient (Wildman–Crippen LogP) is 2.29. The molecule has 0 heterocycles. The van der Waals surface area contributed by atoms with Crippen LogP contribution in [0.3, 0.4) is 0 Å². The zero-order chi connectivity index (χ0) is 11.4. The van der Waals surface area contributed by atoms with Crippen molar-refractivity contribution in [2.75, 3.05) is 21.3 Å². The Labute approximate surface area is 96.3 Å². The summed E-state index contributed by atoms with van der Waals surface area (Å²) in [4.78, 5) is 10.9. The minimum absolute atomic E-state index is 0.369. The number of methoxy groups -OCH3 is 3. The van der Waals surface area contributed by atoms with E-state index in [0.29, 0.717) is 33.6 Å². The number of ether oxygens (including phenoxy) is 3. The van der Waals surface area contributed by atoms with Crippen LogP contribution in [0.25, 0.3) is 0 Å². The van der Waals surface area contributed by atoms with Crippen LogP contribution in [0.15, 0.2) is 10.5 Å². The van der Waals surface area contributed by atoms with E-state index in [1.54, 1.807) is 6.07 Å². The summed E-state index contributed by atoms with van der Waals surface area (Å²) in [5, 5.41) is 0. The van der Waals surface area contributed by atoms with Gasteiger partial charge in [-0.3, -0.25) is 4.79 Å². The second-order valence-corrected chi connectivity index (χ2v) is 3.45. The highest BCUT2D eigenvalue weighted by atomic mass is 79.9. The molecular formula is C10H11BrO4. The number of hydrogen-bond donors (Lipinski definition) is 0. The Morgan fingerprint density at radius 1 is 1.13 bits per heavy atom. The summed E-state index contributed by atoms with van der Waals surface area (Å²) in [6, 6.07) is 1.65. The maximum atomic E-state index is 10.9. The fourth-order valence-electron chi connectivity index (χ4n) is 1.23. The van der Waals surface area contributed by atoms with Gasteiger partial charge in [0.1, 0.15) is 5.75 Å². The standard InChI is InChI=1S/C10H11BrO4/c1-13-7-4-8(14-2)10(15-3)6(5-12)9(7)11/h4-5H,1-3H3. The highest BCUT2D eigenvalue weighted by Crippen LogP contribution is 2.41. The van der Waals surface area contributed by atoms with Gasteiger partial charge in [-0.15, -0.1) is 0 Å². The average Bonchev–Trinajstić information content (AvgIpc) is 2.28. The van der Waals surface area contributed by atoms with Crippen molar-refractivity contribution in [1.82, 2.24) is 0 Å². The van der Waals surface area contributed by atoms with Crippen molar-refractivity contribution in [2.24, 2.45) is 0 Å². The normalized spacial score (nSPS) is 9.60. The van der Waals surface area contributed by atoms with Crippen molar-refractivity contribution in [2.45, 2.75) is 0 Å². The summed E-state index contributed by atoms with van der Waals surface area (Å²) in [7, 11) is 4.49. The molecule has 0 N–H and O–H groups in total. The lowest BCUT2D eigenvalue weighted by Crippen LogP contribution is -1.98. The van der Waals surface area contributed by atoms with Gasteiger partial charge in [-0.05, 0) is 15.9 Å². The fraction of sp³-hybridized carbons (Fsp3) is 0.300. The third-order valence-corrected chi connectivity index (χ3v) is 2.76. The largest absolute Gasteiger partial charge is 0.495 e. The highest BCUT2D eigenvalue weighted by Gasteiger charge is 2.17. The van der Waals surface area contributed by atoms with E-state index in [4.69, 9.17) is 14.2 Å². The van der Waals surface area contributed by atoms with Gasteiger partial charge < -0.3 is 14.2 Å². The van der Waals surface area contributed by atoms with Gasteiger partial charge >= 0.3 is 0 Å². The van der Waals surface area contributed by atoms with Crippen LogP contribution < -0.4 is 14.2 Å². The van der Waals surface area contributed by atoms with E-state index in [9.17, 15) is 4.79 Å². The maximum absolute atomic E-state index is 10.9. The molecule has 15 heavy (non-hydrogen) atoms. The first-order chi connectivity index (χ1) is 7.19. The van der Waals surface area contributed by atoms with Crippen molar-refractivity contribution >= 4 is 22.2 Å². The first-order valence-electron chi connectivity index (χ1n) is 4.13. The molecule has 82 valence electrons. The van der Waals surface area contributed by atoms with E-state index < -0.39 is 0 Å². The maximum Gasteiger partial charge on any atom is 0.172 e. The van der Waals surface area contributed by atoms with Crippen LogP contribution in [0.5, 0.6) is 17.2 Å². The number of aldehydes is 1. The van der Waals surface area contributed by atoms with Crippen LogP contribution >= 0.6 is 15.9 Å². The summed E-state index contributed by atoms with van der Waals surface area (Å²) < 4.78 is 15.8. The van der Waals surface area contributed by atoms with Crippen molar-refractivity contribution in [3.8, 4) is 17.2 Å². The molecule has 4 nitrogen and oxygen atoms in total. The molecule has 5 heteroatoms. The Balaban J connectivity index is 3.49. The van der Waals surface area contributed by atoms with Crippen LogP contribution in [0.1, 0.15) is 10.4 Å². The minimum atomic E-state index is 0.369. The summed E-state index contributed by atoms with van der Waals surface area (Å²) in [5.74, 6) is 1.37. The molecule has 0 atom stereocenters. The SMILES string of the molecule is COc1cc(OC)c(OC)c(C=O)c1Br. The first kappa shape index (κ1) is 11.8. The Hall–Kier alpha value is -1.23. The molecule has 0 bridgehead atoms. The molecule has 0 radical (unpaired) electrons. The van der Waals surface area contributed by atoms with Crippen molar-refractivity contribution < 1.29 is 19.0 Å². The average molecular weight is 275 g/mol. The molecule has 0 spiro atoms. The molecular weight excluding hydrogens is 264 g/mol. The highest BCUT2D eigenvalue weighted by molar-refractivity contribution is 9.10. The van der Waals surface area contributed by atoms with Crippen molar-refractivity contribution in [1.29, 1.82) is 0 Å². The van der Waals surface area contributed by atoms with E-state index in [1.807, 2.05) is 0 Å². The second-order valence-electron chi connectivity index (χ2n) is 2.66. The first-order valence-corrected chi connectivity index (χ1v) is 4.92. The van der Waals surface area contributed by atoms with Crippen molar-refractivity contribution in [3.05, 3.63) is 16.1 Å². The molecule has 1 aromatic rings. The van der Waals surface area contributed by atoms with Gasteiger partial charge in [0.25, 0.3) is 0 Å². The summed E-state index contributed by atoms with van der Waals surface area (Å²) in [6.07, 6.45) is 0.688. The number of rotatable bonds is 4. The third-order valence-electron chi connectivity index (χ3n) is 1.95. The number of halogens is 1. The Morgan fingerprint density at radius 2 is 1.73 bits per heavy atom. The molecule has 1 rings (SSSR count). The second kappa shape index (κ2) is 5.02. The lowest BCUT2D eigenvalue weighted by atomic mass is 10.2. The van der Waals surface area contributed by atoms with E-state index >= 15 is 0 Å². The Kier molecular flexibility index (Phi) is 3.96. The number of benzene rings is 1. The molecule has 0 aliphatic rings. The molecule has 0 fully saturated rings. The van der Waals surface area contributed by atoms with Gasteiger partial charge in [0.15, 0.2) is 17.8 Å². The third kappa shape index (κ3) is 2.07. The topological polar surface area (TPSA) is 44.8 Å². The van der Waals surface area contributed by atoms with Crippen LogP contribution in [-0.4, -0.2) is 27.6 Å². The summed E-state index contributed by atoms with van der Waals surface area (Å²) >= 11 is 3.26. The molecule has 0 saturated heterocycles. The molecule has 1 aromatic carbocycles. The predicted molar refractivity (Wildman–Crippen MR) is 59.2 cm³/mol.